The zero-order chi connectivity index (χ0) is 17.0. The minimum Gasteiger partial charge on any atom is -0.489 e. The van der Waals surface area contributed by atoms with E-state index in [1.807, 2.05) is 43.3 Å². The number of benzene rings is 1. The topological polar surface area (TPSA) is 58.8 Å². The molecule has 5 heteroatoms. The molecule has 2 rings (SSSR count). The summed E-state index contributed by atoms with van der Waals surface area (Å²) in [5.74, 6) is 2.58. The molecule has 0 aliphatic heterocycles. The summed E-state index contributed by atoms with van der Waals surface area (Å²) in [6.45, 7) is 8.32. The van der Waals surface area contributed by atoms with Crippen LogP contribution in [0.4, 0.5) is 0 Å². The molecular formula is C19H25N3O2. The number of nitrogens with zero attached hydrogens (tertiary/aromatic N) is 1. The first kappa shape index (κ1) is 17.7. The second-order valence-corrected chi connectivity index (χ2v) is 5.16. The summed E-state index contributed by atoms with van der Waals surface area (Å²) in [5.41, 5.74) is 1.04. The lowest BCUT2D eigenvalue weighted by molar-refractivity contribution is 0.359. The summed E-state index contributed by atoms with van der Waals surface area (Å²) < 4.78 is 11.0. The van der Waals surface area contributed by atoms with E-state index in [2.05, 4.69) is 22.2 Å². The number of aliphatic imine (C=N–C) groups is 1. The molecule has 24 heavy (non-hydrogen) atoms. The maximum absolute atomic E-state index is 5.67. The van der Waals surface area contributed by atoms with E-state index in [0.29, 0.717) is 13.2 Å². The molecule has 1 aromatic carbocycles. The Morgan fingerprint density at radius 1 is 1.25 bits per heavy atom. The second-order valence-electron chi connectivity index (χ2n) is 5.16. The lowest BCUT2D eigenvalue weighted by atomic mass is 10.2. The first-order valence-electron chi connectivity index (χ1n) is 8.19. The number of nitrogens with one attached hydrogen (secondary N) is 2. The van der Waals surface area contributed by atoms with E-state index in [4.69, 9.17) is 9.15 Å². The lowest BCUT2D eigenvalue weighted by Crippen LogP contribution is -2.38. The number of hydrogen-bond acceptors (Lipinski definition) is 3. The van der Waals surface area contributed by atoms with Gasteiger partial charge in [0.25, 0.3) is 0 Å². The fourth-order valence-electron chi connectivity index (χ4n) is 2.19. The molecule has 0 spiro atoms. The highest BCUT2D eigenvalue weighted by Gasteiger charge is 2.03. The molecule has 0 aliphatic rings. The largest absolute Gasteiger partial charge is 0.489 e. The maximum atomic E-state index is 5.67. The summed E-state index contributed by atoms with van der Waals surface area (Å²) in [4.78, 5) is 4.63. The molecule has 1 aromatic heterocycles. The van der Waals surface area contributed by atoms with Crippen LogP contribution in [0.2, 0.25) is 0 Å². The Bertz CT molecular complexity index is 636. The smallest absolute Gasteiger partial charge is 0.191 e. The van der Waals surface area contributed by atoms with Gasteiger partial charge >= 0.3 is 0 Å². The molecule has 2 N–H and O–H groups in total. The van der Waals surface area contributed by atoms with Crippen molar-refractivity contribution in [3.05, 3.63) is 66.6 Å². The van der Waals surface area contributed by atoms with Crippen LogP contribution in [-0.2, 0) is 13.0 Å². The molecule has 1 heterocycles. The summed E-state index contributed by atoms with van der Waals surface area (Å²) in [7, 11) is 0. The Labute approximate surface area is 143 Å². The van der Waals surface area contributed by atoms with Crippen LogP contribution in [0.5, 0.6) is 5.75 Å². The van der Waals surface area contributed by atoms with Crippen LogP contribution < -0.4 is 15.4 Å². The van der Waals surface area contributed by atoms with Crippen molar-refractivity contribution in [2.45, 2.75) is 19.9 Å². The zero-order valence-electron chi connectivity index (χ0n) is 14.1. The third kappa shape index (κ3) is 5.83. The Morgan fingerprint density at radius 3 is 2.88 bits per heavy atom. The average molecular weight is 327 g/mol. The van der Waals surface area contributed by atoms with Crippen molar-refractivity contribution >= 4 is 5.96 Å². The number of ether oxygens (including phenoxy) is 1. The molecule has 0 unspecified atom stereocenters. The maximum Gasteiger partial charge on any atom is 0.191 e. The Balaban J connectivity index is 1.93. The number of rotatable bonds is 9. The van der Waals surface area contributed by atoms with Crippen molar-refractivity contribution in [3.63, 3.8) is 0 Å². The van der Waals surface area contributed by atoms with Gasteiger partial charge in [0.05, 0.1) is 12.8 Å². The fraction of sp³-hybridized carbons (Fsp3) is 0.316. The molecule has 5 nitrogen and oxygen atoms in total. The first-order chi connectivity index (χ1) is 11.8. The molecular weight excluding hydrogens is 302 g/mol. The van der Waals surface area contributed by atoms with Crippen LogP contribution in [0.3, 0.4) is 0 Å². The van der Waals surface area contributed by atoms with Crippen LogP contribution in [0.15, 0.2) is 64.7 Å². The SMILES string of the molecule is C=CCOc1ccccc1CN=C(NCC)NCCc1ccco1. The van der Waals surface area contributed by atoms with E-state index < -0.39 is 0 Å². The van der Waals surface area contributed by atoms with E-state index in [0.717, 1.165) is 42.5 Å². The van der Waals surface area contributed by atoms with Gasteiger partial charge in [0.2, 0.25) is 0 Å². The molecule has 0 radical (unpaired) electrons. The molecule has 0 bridgehead atoms. The van der Waals surface area contributed by atoms with Gasteiger partial charge in [0.1, 0.15) is 18.1 Å². The lowest BCUT2D eigenvalue weighted by Gasteiger charge is -2.12. The van der Waals surface area contributed by atoms with Gasteiger partial charge in [-0.1, -0.05) is 30.9 Å². The predicted molar refractivity (Wildman–Crippen MR) is 97.4 cm³/mol. The fourth-order valence-corrected chi connectivity index (χ4v) is 2.19. The molecule has 0 saturated carbocycles. The van der Waals surface area contributed by atoms with E-state index in [1.54, 1.807) is 12.3 Å². The molecule has 0 saturated heterocycles. The highest BCUT2D eigenvalue weighted by Crippen LogP contribution is 2.18. The van der Waals surface area contributed by atoms with Gasteiger partial charge in [-0.2, -0.15) is 0 Å². The van der Waals surface area contributed by atoms with Crippen LogP contribution in [0, 0.1) is 0 Å². The quantitative estimate of drug-likeness (QED) is 0.422. The molecule has 0 fully saturated rings. The number of furan rings is 1. The molecule has 2 aromatic rings. The number of hydrogen-bond donors (Lipinski definition) is 2. The number of guanidine groups is 1. The van der Waals surface area contributed by atoms with Gasteiger partial charge in [0, 0.05) is 25.1 Å². The normalized spacial score (nSPS) is 11.1. The van der Waals surface area contributed by atoms with Gasteiger partial charge in [-0.05, 0) is 25.1 Å². The highest BCUT2D eigenvalue weighted by molar-refractivity contribution is 5.79. The van der Waals surface area contributed by atoms with Gasteiger partial charge in [-0.3, -0.25) is 0 Å². The Kier molecular flexibility index (Phi) is 7.47. The minimum absolute atomic E-state index is 0.488. The predicted octanol–water partition coefficient (Wildman–Crippen LogP) is 3.14. The standard InChI is InChI=1S/C19H25N3O2/c1-3-13-24-18-10-6-5-8-16(18)15-22-19(20-4-2)21-12-11-17-9-7-14-23-17/h3,5-10,14H,1,4,11-13,15H2,2H3,(H2,20,21,22). The van der Waals surface area contributed by atoms with Crippen LogP contribution in [-0.4, -0.2) is 25.7 Å². The van der Waals surface area contributed by atoms with Gasteiger partial charge in [-0.15, -0.1) is 0 Å². The second kappa shape index (κ2) is 10.2. The van der Waals surface area contributed by atoms with Gasteiger partial charge < -0.3 is 19.8 Å². The van der Waals surface area contributed by atoms with Crippen LogP contribution in [0.1, 0.15) is 18.2 Å². The Morgan fingerprint density at radius 2 is 2.12 bits per heavy atom. The summed E-state index contributed by atoms with van der Waals surface area (Å²) in [6.07, 6.45) is 4.24. The summed E-state index contributed by atoms with van der Waals surface area (Å²) in [6, 6.07) is 11.8. The van der Waals surface area contributed by atoms with E-state index in [1.165, 1.54) is 0 Å². The van der Waals surface area contributed by atoms with Crippen molar-refractivity contribution in [2.75, 3.05) is 19.7 Å². The highest BCUT2D eigenvalue weighted by atomic mass is 16.5. The van der Waals surface area contributed by atoms with Gasteiger partial charge in [0.15, 0.2) is 5.96 Å². The zero-order valence-corrected chi connectivity index (χ0v) is 14.1. The van der Waals surface area contributed by atoms with Crippen molar-refractivity contribution < 1.29 is 9.15 Å². The summed E-state index contributed by atoms with van der Waals surface area (Å²) >= 11 is 0. The Hall–Kier alpha value is -2.69. The molecule has 0 atom stereocenters. The van der Waals surface area contributed by atoms with Crippen molar-refractivity contribution in [2.24, 2.45) is 4.99 Å². The molecule has 128 valence electrons. The molecule has 0 amide bonds. The van der Waals surface area contributed by atoms with Crippen molar-refractivity contribution in [1.82, 2.24) is 10.6 Å². The average Bonchev–Trinajstić information content (AvgIpc) is 3.12. The van der Waals surface area contributed by atoms with Crippen molar-refractivity contribution in [3.8, 4) is 5.75 Å². The van der Waals surface area contributed by atoms with E-state index in [9.17, 15) is 0 Å². The van der Waals surface area contributed by atoms with Crippen LogP contribution in [0.25, 0.3) is 0 Å². The number of para-hydroxylation sites is 1. The molecule has 0 aliphatic carbocycles. The van der Waals surface area contributed by atoms with Crippen LogP contribution >= 0.6 is 0 Å². The monoisotopic (exact) mass is 327 g/mol. The van der Waals surface area contributed by atoms with Gasteiger partial charge in [-0.25, -0.2) is 4.99 Å². The first-order valence-corrected chi connectivity index (χ1v) is 8.19. The van der Waals surface area contributed by atoms with Crippen molar-refractivity contribution in [1.29, 1.82) is 0 Å². The van der Waals surface area contributed by atoms with E-state index >= 15 is 0 Å². The minimum atomic E-state index is 0.488. The third-order valence-corrected chi connectivity index (χ3v) is 3.32. The van der Waals surface area contributed by atoms with E-state index in [-0.39, 0.29) is 0 Å². The summed E-state index contributed by atoms with van der Waals surface area (Å²) in [5, 5.41) is 6.56. The third-order valence-electron chi connectivity index (χ3n) is 3.32.